The van der Waals surface area contributed by atoms with Crippen molar-refractivity contribution in [2.45, 2.75) is 38.0 Å². The Balaban J connectivity index is 1.82. The summed E-state index contributed by atoms with van der Waals surface area (Å²) in [7, 11) is 0. The molecule has 2 N–H and O–H groups in total. The van der Waals surface area contributed by atoms with Gasteiger partial charge in [-0.05, 0) is 37.0 Å². The number of unbranched alkanes of at least 4 members (excludes halogenated alkanes) is 1. The number of benzene rings is 1. The zero-order chi connectivity index (χ0) is 13.7. The van der Waals surface area contributed by atoms with E-state index in [9.17, 15) is 9.18 Å². The van der Waals surface area contributed by atoms with Gasteiger partial charge >= 0.3 is 6.03 Å². The molecule has 0 heterocycles. The van der Waals surface area contributed by atoms with E-state index < -0.39 is 0 Å². The van der Waals surface area contributed by atoms with E-state index in [0.717, 1.165) is 31.2 Å². The largest absolute Gasteiger partial charge is 0.338 e. The Morgan fingerprint density at radius 1 is 1.26 bits per heavy atom. The molecule has 0 spiro atoms. The Labute approximate surface area is 113 Å². The zero-order valence-electron chi connectivity index (χ0n) is 11.3. The lowest BCUT2D eigenvalue weighted by Crippen LogP contribution is -2.40. The Morgan fingerprint density at radius 2 is 1.95 bits per heavy atom. The molecule has 0 unspecified atom stereocenters. The predicted molar refractivity (Wildman–Crippen MR) is 73.6 cm³/mol. The molecule has 0 bridgehead atoms. The Morgan fingerprint density at radius 3 is 2.53 bits per heavy atom. The summed E-state index contributed by atoms with van der Waals surface area (Å²) in [6.45, 7) is 3.43. The summed E-state index contributed by atoms with van der Waals surface area (Å²) >= 11 is 0. The first kappa shape index (κ1) is 13.8. The van der Waals surface area contributed by atoms with Crippen molar-refractivity contribution in [3.8, 4) is 0 Å². The molecular formula is C15H21FN2O. The van der Waals surface area contributed by atoms with Crippen LogP contribution < -0.4 is 10.6 Å². The molecule has 1 fully saturated rings. The van der Waals surface area contributed by atoms with E-state index in [4.69, 9.17) is 0 Å². The van der Waals surface area contributed by atoms with Crippen molar-refractivity contribution in [2.24, 2.45) is 0 Å². The highest BCUT2D eigenvalue weighted by atomic mass is 19.1. The normalized spacial score (nSPS) is 15.9. The first-order valence-electron chi connectivity index (χ1n) is 6.94. The maximum atomic E-state index is 12.9. The molecule has 3 nitrogen and oxygen atoms in total. The maximum absolute atomic E-state index is 12.9. The van der Waals surface area contributed by atoms with E-state index >= 15 is 0 Å². The summed E-state index contributed by atoms with van der Waals surface area (Å²) in [5.41, 5.74) is 1.14. The van der Waals surface area contributed by atoms with Crippen molar-refractivity contribution in [3.05, 3.63) is 35.6 Å². The molecule has 0 radical (unpaired) electrons. The van der Waals surface area contributed by atoms with Crippen LogP contribution in [0.3, 0.4) is 0 Å². The number of halogens is 1. The van der Waals surface area contributed by atoms with Crippen molar-refractivity contribution in [1.29, 1.82) is 0 Å². The highest BCUT2D eigenvalue weighted by Gasteiger charge is 2.44. The third-order valence-corrected chi connectivity index (χ3v) is 3.71. The quantitative estimate of drug-likeness (QED) is 0.762. The number of nitrogens with one attached hydrogen (secondary N) is 2. The average Bonchev–Trinajstić information content (AvgIpc) is 3.19. The van der Waals surface area contributed by atoms with Crippen molar-refractivity contribution >= 4 is 6.03 Å². The van der Waals surface area contributed by atoms with Gasteiger partial charge in [-0.2, -0.15) is 0 Å². The van der Waals surface area contributed by atoms with Crippen molar-refractivity contribution in [1.82, 2.24) is 10.6 Å². The van der Waals surface area contributed by atoms with Gasteiger partial charge in [0.2, 0.25) is 0 Å². The fourth-order valence-electron chi connectivity index (χ4n) is 2.21. The number of carbonyl (C=O) groups is 1. The van der Waals surface area contributed by atoms with E-state index in [-0.39, 0.29) is 17.3 Å². The van der Waals surface area contributed by atoms with Gasteiger partial charge in [0.1, 0.15) is 5.82 Å². The summed E-state index contributed by atoms with van der Waals surface area (Å²) in [5.74, 6) is -0.218. The van der Waals surface area contributed by atoms with Crippen molar-refractivity contribution < 1.29 is 9.18 Å². The highest BCUT2D eigenvalue weighted by Crippen LogP contribution is 2.47. The van der Waals surface area contributed by atoms with Crippen molar-refractivity contribution in [2.75, 3.05) is 13.1 Å². The van der Waals surface area contributed by atoms with Crippen molar-refractivity contribution in [3.63, 3.8) is 0 Å². The Hall–Kier alpha value is -1.58. The number of hydrogen-bond acceptors (Lipinski definition) is 1. The molecule has 2 rings (SSSR count). The number of rotatable bonds is 6. The van der Waals surface area contributed by atoms with Crippen LogP contribution in [0.2, 0.25) is 0 Å². The molecule has 4 heteroatoms. The van der Waals surface area contributed by atoms with Crippen LogP contribution in [0, 0.1) is 5.82 Å². The number of hydrogen-bond donors (Lipinski definition) is 2. The van der Waals surface area contributed by atoms with Crippen LogP contribution in [0.5, 0.6) is 0 Å². The summed E-state index contributed by atoms with van der Waals surface area (Å²) in [6.07, 6.45) is 4.16. The predicted octanol–water partition coefficient (Wildman–Crippen LogP) is 2.96. The average molecular weight is 264 g/mol. The van der Waals surface area contributed by atoms with Gasteiger partial charge in [0.25, 0.3) is 0 Å². The standard InChI is InChI=1S/C15H21FN2O/c1-2-3-10-17-14(19)18-11-15(8-9-15)12-4-6-13(16)7-5-12/h4-7H,2-3,8-11H2,1H3,(H2,17,18,19). The summed E-state index contributed by atoms with van der Waals surface area (Å²) in [6, 6.07) is 6.49. The minimum atomic E-state index is -0.218. The minimum Gasteiger partial charge on any atom is -0.338 e. The van der Waals surface area contributed by atoms with Gasteiger partial charge < -0.3 is 10.6 Å². The molecule has 1 aromatic carbocycles. The maximum Gasteiger partial charge on any atom is 0.314 e. The highest BCUT2D eigenvalue weighted by molar-refractivity contribution is 5.74. The topological polar surface area (TPSA) is 41.1 Å². The molecule has 0 aliphatic heterocycles. The van der Waals surface area contributed by atoms with Gasteiger partial charge in [-0.1, -0.05) is 25.5 Å². The summed E-state index contributed by atoms with van der Waals surface area (Å²) in [5, 5.41) is 5.75. The summed E-state index contributed by atoms with van der Waals surface area (Å²) < 4.78 is 12.9. The molecule has 19 heavy (non-hydrogen) atoms. The van der Waals surface area contributed by atoms with E-state index in [0.29, 0.717) is 13.1 Å². The lowest BCUT2D eigenvalue weighted by molar-refractivity contribution is 0.239. The van der Waals surface area contributed by atoms with E-state index in [1.807, 2.05) is 12.1 Å². The molecular weight excluding hydrogens is 243 g/mol. The van der Waals surface area contributed by atoms with Gasteiger partial charge in [-0.25, -0.2) is 9.18 Å². The van der Waals surface area contributed by atoms with Crippen LogP contribution in [-0.4, -0.2) is 19.1 Å². The van der Waals surface area contributed by atoms with Crippen LogP contribution in [0.4, 0.5) is 9.18 Å². The van der Waals surface area contributed by atoms with Gasteiger partial charge in [-0.3, -0.25) is 0 Å². The van der Waals surface area contributed by atoms with Gasteiger partial charge in [0.05, 0.1) is 0 Å². The first-order chi connectivity index (χ1) is 9.16. The van der Waals surface area contributed by atoms with Gasteiger partial charge in [0.15, 0.2) is 0 Å². The lowest BCUT2D eigenvalue weighted by Gasteiger charge is -2.17. The zero-order valence-corrected chi connectivity index (χ0v) is 11.3. The summed E-state index contributed by atoms with van der Waals surface area (Å²) in [4.78, 5) is 11.6. The van der Waals surface area contributed by atoms with E-state index in [1.165, 1.54) is 12.1 Å². The second-order valence-electron chi connectivity index (χ2n) is 5.25. The van der Waals surface area contributed by atoms with Crippen LogP contribution in [0.1, 0.15) is 38.2 Å². The molecule has 104 valence electrons. The van der Waals surface area contributed by atoms with E-state index in [1.54, 1.807) is 0 Å². The Kier molecular flexibility index (Phi) is 4.40. The fraction of sp³-hybridized carbons (Fsp3) is 0.533. The lowest BCUT2D eigenvalue weighted by atomic mass is 9.96. The molecule has 0 atom stereocenters. The van der Waals surface area contributed by atoms with Crippen LogP contribution in [-0.2, 0) is 5.41 Å². The number of urea groups is 1. The van der Waals surface area contributed by atoms with Crippen LogP contribution >= 0.6 is 0 Å². The second kappa shape index (κ2) is 6.04. The van der Waals surface area contributed by atoms with E-state index in [2.05, 4.69) is 17.6 Å². The number of carbonyl (C=O) groups excluding carboxylic acids is 1. The molecule has 1 aliphatic carbocycles. The molecule has 2 amide bonds. The smallest absolute Gasteiger partial charge is 0.314 e. The van der Waals surface area contributed by atoms with Gasteiger partial charge in [0, 0.05) is 18.5 Å². The molecule has 1 saturated carbocycles. The molecule has 0 aromatic heterocycles. The second-order valence-corrected chi connectivity index (χ2v) is 5.25. The third kappa shape index (κ3) is 3.69. The number of amides is 2. The molecule has 0 saturated heterocycles. The minimum absolute atomic E-state index is 0.0236. The van der Waals surface area contributed by atoms with Gasteiger partial charge in [-0.15, -0.1) is 0 Å². The molecule has 1 aromatic rings. The van der Waals surface area contributed by atoms with Crippen LogP contribution in [0.25, 0.3) is 0 Å². The Bertz CT molecular complexity index is 426. The fourth-order valence-corrected chi connectivity index (χ4v) is 2.21. The van der Waals surface area contributed by atoms with Crippen LogP contribution in [0.15, 0.2) is 24.3 Å². The molecule has 1 aliphatic rings. The third-order valence-electron chi connectivity index (χ3n) is 3.71. The monoisotopic (exact) mass is 264 g/mol. The SMILES string of the molecule is CCCCNC(=O)NCC1(c2ccc(F)cc2)CC1. The first-order valence-corrected chi connectivity index (χ1v) is 6.94.